The van der Waals surface area contributed by atoms with Gasteiger partial charge in [-0.1, -0.05) is 129 Å². The Morgan fingerprint density at radius 3 is 1.18 bits per heavy atom. The number of nitrogens with one attached hydrogen (secondary N) is 3. The number of anilines is 2. The van der Waals surface area contributed by atoms with Gasteiger partial charge in [-0.2, -0.15) is 10.2 Å². The second-order valence-corrected chi connectivity index (χ2v) is 37.8. The average Bonchev–Trinajstić information content (AvgIpc) is 0.907. The number of benzene rings is 3. The second kappa shape index (κ2) is 43.3. The van der Waals surface area contributed by atoms with Gasteiger partial charge in [0.05, 0.1) is 76.9 Å². The van der Waals surface area contributed by atoms with Crippen molar-refractivity contribution in [1.29, 1.82) is 0 Å². The van der Waals surface area contributed by atoms with Crippen LogP contribution in [0.3, 0.4) is 0 Å². The number of hydrogen-bond acceptors (Lipinski definition) is 20. The number of hydrogen-bond donors (Lipinski definition) is 4. The summed E-state index contributed by atoms with van der Waals surface area (Å²) in [6.45, 7) is 33.3. The van der Waals surface area contributed by atoms with Crippen molar-refractivity contribution in [3.63, 3.8) is 0 Å². The fourth-order valence-electron chi connectivity index (χ4n) is 18.0. The van der Waals surface area contributed by atoms with Gasteiger partial charge in [0.15, 0.2) is 0 Å². The van der Waals surface area contributed by atoms with Crippen molar-refractivity contribution in [3.05, 3.63) is 197 Å². The van der Waals surface area contributed by atoms with Crippen LogP contribution in [0.4, 0.5) is 11.6 Å². The smallest absolute Gasteiger partial charge is 0.306 e. The maximum absolute atomic E-state index is 13.0. The third-order valence-electron chi connectivity index (χ3n) is 25.4. The number of carbonyl (C=O) groups is 3. The topological polar surface area (TPSA) is 287 Å². The van der Waals surface area contributed by atoms with E-state index in [4.69, 9.17) is 67.5 Å². The Balaban J connectivity index is 0.000000183. The van der Waals surface area contributed by atoms with Gasteiger partial charge in [-0.3, -0.25) is 29.0 Å². The lowest BCUT2D eigenvalue weighted by Gasteiger charge is -2.38. The number of carbonyl (C=O) groups excluding carboxylic acids is 2. The first-order valence-corrected chi connectivity index (χ1v) is 45.0. The highest BCUT2D eigenvalue weighted by Crippen LogP contribution is 2.45. The lowest BCUT2D eigenvalue weighted by atomic mass is 9.71. The highest BCUT2D eigenvalue weighted by Gasteiger charge is 2.41. The molecule has 676 valence electrons. The van der Waals surface area contributed by atoms with Crippen LogP contribution in [0.1, 0.15) is 254 Å². The van der Waals surface area contributed by atoms with Crippen molar-refractivity contribution in [3.8, 4) is 11.8 Å². The number of methoxy groups -OCH3 is 3. The van der Waals surface area contributed by atoms with E-state index >= 15 is 0 Å². The summed E-state index contributed by atoms with van der Waals surface area (Å²) >= 11 is 0. The molecular formula is C99H140N10O15. The number of ether oxygens (including phenoxy) is 10. The van der Waals surface area contributed by atoms with Crippen LogP contribution in [-0.4, -0.2) is 183 Å². The van der Waals surface area contributed by atoms with E-state index in [1.807, 2.05) is 40.1 Å². The SMILES string of the molecule is CCOC(=O)CC(Cc1cc(=O)n(C)[nH]1)c1cc(C(C)(C)C)cc(C2(COC)CCOCC2)c1.CCOC(=O)CC(Cc1cc(OCCc2ccc3c(n2)NCCC3)n(C)n1)c1cc(C(C)(C)C)cc(C2(COC)CCOCC2)c1.COCC1(c2cc(C(CC(=O)O)Cc3cc(OCCc4ccc5c(n4)NCCC5)n(C)n3)cc(C(C)(C)C)c2)CCOCC1. The van der Waals surface area contributed by atoms with Crippen molar-refractivity contribution in [1.82, 2.24) is 39.3 Å². The van der Waals surface area contributed by atoms with Crippen LogP contribution in [0, 0.1) is 0 Å². The van der Waals surface area contributed by atoms with E-state index in [0.717, 1.165) is 134 Å². The third kappa shape index (κ3) is 25.6. The highest BCUT2D eigenvalue weighted by atomic mass is 16.5. The molecule has 5 aromatic heterocycles. The minimum atomic E-state index is -0.824. The first kappa shape index (κ1) is 95.4. The molecule has 3 atom stereocenters. The summed E-state index contributed by atoms with van der Waals surface area (Å²) in [6, 6.07) is 34.4. The average molecular weight is 1710 g/mol. The number of carboxylic acid groups (broad SMARTS) is 1. The molecule has 124 heavy (non-hydrogen) atoms. The van der Waals surface area contributed by atoms with E-state index in [9.17, 15) is 24.3 Å². The molecule has 5 aliphatic heterocycles. The molecule has 13 rings (SSSR count). The lowest BCUT2D eigenvalue weighted by molar-refractivity contribution is -0.144. The van der Waals surface area contributed by atoms with E-state index in [-0.39, 0.29) is 87.0 Å². The molecule has 10 heterocycles. The Hall–Kier alpha value is -9.24. The first-order valence-electron chi connectivity index (χ1n) is 45.0. The Labute approximate surface area is 734 Å². The summed E-state index contributed by atoms with van der Waals surface area (Å²) in [4.78, 5) is 59.3. The third-order valence-corrected chi connectivity index (χ3v) is 25.4. The monoisotopic (exact) mass is 1710 g/mol. The molecule has 3 saturated heterocycles. The molecule has 0 aliphatic carbocycles. The number of aromatic nitrogens is 8. The largest absolute Gasteiger partial charge is 0.481 e. The minimum absolute atomic E-state index is 0.0121. The Kier molecular flexibility index (Phi) is 33.3. The van der Waals surface area contributed by atoms with Crippen LogP contribution >= 0.6 is 0 Å². The van der Waals surface area contributed by atoms with Crippen molar-refractivity contribution in [2.45, 2.75) is 242 Å². The zero-order valence-electron chi connectivity index (χ0n) is 77.1. The van der Waals surface area contributed by atoms with Crippen LogP contribution < -0.4 is 25.7 Å². The van der Waals surface area contributed by atoms with Crippen LogP contribution in [0.2, 0.25) is 0 Å². The van der Waals surface area contributed by atoms with Gasteiger partial charge in [-0.25, -0.2) is 19.3 Å². The quantitative estimate of drug-likeness (QED) is 0.0273. The molecule has 0 radical (unpaired) electrons. The molecule has 0 bridgehead atoms. The number of fused-ring (bicyclic) bond motifs is 2. The molecule has 25 nitrogen and oxygen atoms in total. The summed E-state index contributed by atoms with van der Waals surface area (Å²) in [5.41, 5.74) is 16.9. The lowest BCUT2D eigenvalue weighted by Crippen LogP contribution is -2.38. The zero-order valence-corrected chi connectivity index (χ0v) is 77.1. The van der Waals surface area contributed by atoms with Crippen molar-refractivity contribution < 1.29 is 66.9 Å². The number of pyridine rings is 2. The second-order valence-electron chi connectivity index (χ2n) is 37.8. The molecule has 3 unspecified atom stereocenters. The molecule has 0 amide bonds. The number of H-pyrrole nitrogens is 1. The molecule has 25 heteroatoms. The summed E-state index contributed by atoms with van der Waals surface area (Å²) < 4.78 is 62.5. The maximum Gasteiger partial charge on any atom is 0.306 e. The zero-order chi connectivity index (χ0) is 89.0. The predicted octanol–water partition coefficient (Wildman–Crippen LogP) is 15.6. The van der Waals surface area contributed by atoms with E-state index in [0.29, 0.717) is 130 Å². The van der Waals surface area contributed by atoms with E-state index < -0.39 is 5.97 Å². The number of aliphatic carboxylic acids is 1. The van der Waals surface area contributed by atoms with E-state index in [1.165, 1.54) is 49.2 Å². The van der Waals surface area contributed by atoms with Gasteiger partial charge >= 0.3 is 17.9 Å². The van der Waals surface area contributed by atoms with Crippen LogP contribution in [0.5, 0.6) is 11.8 Å². The van der Waals surface area contributed by atoms with Gasteiger partial charge in [0.2, 0.25) is 11.8 Å². The molecule has 8 aromatic rings. The van der Waals surface area contributed by atoms with Crippen LogP contribution in [0.15, 0.2) is 102 Å². The molecule has 4 N–H and O–H groups in total. The molecule has 3 fully saturated rings. The molecule has 0 spiro atoms. The predicted molar refractivity (Wildman–Crippen MR) is 483 cm³/mol. The Morgan fingerprint density at radius 1 is 0.484 bits per heavy atom. The fourth-order valence-corrected chi connectivity index (χ4v) is 18.0. The summed E-state index contributed by atoms with van der Waals surface area (Å²) in [7, 11) is 10.7. The first-order chi connectivity index (χ1) is 59.2. The van der Waals surface area contributed by atoms with Crippen LogP contribution in [0.25, 0.3) is 0 Å². The van der Waals surface area contributed by atoms with Gasteiger partial charge in [0.1, 0.15) is 11.6 Å². The fraction of sp³-hybridized carbons (Fsp3) is 0.596. The summed E-state index contributed by atoms with van der Waals surface area (Å²) in [5, 5.41) is 29.4. The van der Waals surface area contributed by atoms with E-state index in [2.05, 4.69) is 157 Å². The van der Waals surface area contributed by atoms with Gasteiger partial charge < -0.3 is 63.1 Å². The number of aromatic amines is 1. The van der Waals surface area contributed by atoms with E-state index in [1.54, 1.807) is 43.8 Å². The van der Waals surface area contributed by atoms with Gasteiger partial charge in [-0.15, -0.1) is 0 Å². The number of carboxylic acids is 1. The normalized spacial score (nSPS) is 16.9. The van der Waals surface area contributed by atoms with Crippen LogP contribution in [-0.2, 0) is 151 Å². The molecule has 5 aliphatic rings. The molecule has 3 aromatic carbocycles. The summed E-state index contributed by atoms with van der Waals surface area (Å²) in [6.07, 6.45) is 13.3. The number of rotatable bonds is 34. The highest BCUT2D eigenvalue weighted by molar-refractivity contribution is 5.71. The Bertz CT molecular complexity index is 4870. The van der Waals surface area contributed by atoms with Gasteiger partial charge in [0, 0.05) is 160 Å². The molecule has 0 saturated carbocycles. The number of nitrogens with zero attached hydrogens (tertiary/aromatic N) is 7. The maximum atomic E-state index is 13.0. The molecular weight excluding hydrogens is 1570 g/mol. The standard InChI is InChI=1S/C37H52N4O5.C35H48N4O5.C27H40N2O5/c1-7-45-34(42)22-28(27-19-29(36(2,3)4)23-30(20-27)37(25-43-6)13-17-44-18-14-37)21-32-24-33(41(5)40-32)46-16-12-31-11-10-26-9-8-15-38-35(26)39-31;1-34(2,3)27-17-25(18-28(21-27)35(23-42-5)11-15-43-16-12-35)26(20-32(40)41)19-30-22-31(39(4)38-30)44-14-10-29-9-8-24-7-6-13-36-33(24)37-29;1-7-34-25(31)15-20(14-23-17-24(30)29(5)28-23)19-12-21(26(2,3)4)16-22(13-19)27(18-32-6)8-10-33-11-9-27/h10-11,19-20,23-24,28H,7-9,12-18,21-22,25H2,1-6H3,(H,38,39);8-9,17-18,21-22,26H,6-7,10-16,19-20,23H2,1-5H3,(H,36,37)(H,40,41);12-13,16-17,20,28H,7-11,14-15,18H2,1-6H3. The van der Waals surface area contributed by atoms with Gasteiger partial charge in [0.25, 0.3) is 5.56 Å². The Morgan fingerprint density at radius 2 is 0.847 bits per heavy atom. The van der Waals surface area contributed by atoms with Gasteiger partial charge in [-0.05, 0) is 205 Å². The number of esters is 2. The van der Waals surface area contributed by atoms with Crippen molar-refractivity contribution in [2.24, 2.45) is 21.1 Å². The summed E-state index contributed by atoms with van der Waals surface area (Å²) in [5.74, 6) is 1.61. The van der Waals surface area contributed by atoms with Crippen molar-refractivity contribution in [2.75, 3.05) is 131 Å². The number of aryl methyl sites for hydroxylation is 5. The minimum Gasteiger partial charge on any atom is -0.481 e. The van der Waals surface area contributed by atoms with Crippen molar-refractivity contribution >= 4 is 29.5 Å².